The van der Waals surface area contributed by atoms with Crippen LogP contribution in [0.25, 0.3) is 0 Å². The third-order valence-electron chi connectivity index (χ3n) is 5.42. The fraction of sp³-hybridized carbons (Fsp3) is 0.435. The van der Waals surface area contributed by atoms with Gasteiger partial charge in [0.25, 0.3) is 0 Å². The van der Waals surface area contributed by atoms with Crippen LogP contribution in [0.2, 0.25) is 0 Å². The Balaban J connectivity index is 1.70. The lowest BCUT2D eigenvalue weighted by Gasteiger charge is -2.39. The molecule has 1 N–H and O–H groups in total. The number of hydrogen-bond donors (Lipinski definition) is 1. The lowest BCUT2D eigenvalue weighted by Crippen LogP contribution is -2.53. The van der Waals surface area contributed by atoms with Crippen LogP contribution in [-0.4, -0.2) is 73.8 Å². The van der Waals surface area contributed by atoms with Crippen molar-refractivity contribution in [2.45, 2.75) is 25.4 Å². The smallest absolute Gasteiger partial charge is 0.321 e. The molecule has 1 aromatic carbocycles. The van der Waals surface area contributed by atoms with Crippen molar-refractivity contribution in [3.05, 3.63) is 48.3 Å². The molecule has 9 heteroatoms. The third-order valence-corrected chi connectivity index (χ3v) is 5.42. The fourth-order valence-electron chi connectivity index (χ4n) is 3.83. The molecule has 1 saturated heterocycles. The van der Waals surface area contributed by atoms with E-state index in [1.807, 2.05) is 12.1 Å². The summed E-state index contributed by atoms with van der Waals surface area (Å²) in [5, 5.41) is 2.91. The van der Waals surface area contributed by atoms with Crippen LogP contribution in [0.15, 0.2) is 42.7 Å². The van der Waals surface area contributed by atoms with Crippen molar-refractivity contribution in [1.29, 1.82) is 0 Å². The second-order valence-corrected chi connectivity index (χ2v) is 7.56. The zero-order valence-electron chi connectivity index (χ0n) is 18.7. The number of rotatable bonds is 8. The van der Waals surface area contributed by atoms with Gasteiger partial charge >= 0.3 is 6.03 Å². The molecule has 0 aliphatic carbocycles. The van der Waals surface area contributed by atoms with Crippen molar-refractivity contribution in [2.24, 2.45) is 0 Å². The van der Waals surface area contributed by atoms with Crippen molar-refractivity contribution in [3.8, 4) is 11.5 Å². The highest BCUT2D eigenvalue weighted by molar-refractivity contribution is 5.90. The van der Waals surface area contributed by atoms with Crippen LogP contribution < -0.4 is 14.8 Å². The topological polar surface area (TPSA) is 93.2 Å². The number of aromatic nitrogens is 1. The predicted molar refractivity (Wildman–Crippen MR) is 120 cm³/mol. The first-order chi connectivity index (χ1) is 15.5. The maximum absolute atomic E-state index is 12.9. The Kier molecular flexibility index (Phi) is 8.27. The van der Waals surface area contributed by atoms with Crippen LogP contribution in [0.4, 0.5) is 10.5 Å². The van der Waals surface area contributed by atoms with E-state index >= 15 is 0 Å². The molecule has 0 spiro atoms. The zero-order valence-corrected chi connectivity index (χ0v) is 18.7. The Labute approximate surface area is 188 Å². The van der Waals surface area contributed by atoms with Gasteiger partial charge < -0.3 is 29.3 Å². The minimum absolute atomic E-state index is 0.00536. The molecule has 172 valence electrons. The number of piperidine rings is 1. The summed E-state index contributed by atoms with van der Waals surface area (Å²) in [5.74, 6) is 1.02. The molecular weight excluding hydrogens is 412 g/mol. The first-order valence-electron chi connectivity index (χ1n) is 10.5. The first-order valence-corrected chi connectivity index (χ1v) is 10.5. The molecule has 0 radical (unpaired) electrons. The first kappa shape index (κ1) is 23.3. The lowest BCUT2D eigenvalue weighted by molar-refractivity contribution is -0.139. The van der Waals surface area contributed by atoms with Crippen molar-refractivity contribution in [3.63, 3.8) is 0 Å². The van der Waals surface area contributed by atoms with Crippen molar-refractivity contribution >= 4 is 17.6 Å². The number of carbonyl (C=O) groups excluding carboxylic acids is 2. The van der Waals surface area contributed by atoms with Crippen LogP contribution in [0.3, 0.4) is 0 Å². The Morgan fingerprint density at radius 3 is 2.69 bits per heavy atom. The summed E-state index contributed by atoms with van der Waals surface area (Å²) < 4.78 is 15.6. The monoisotopic (exact) mass is 442 g/mol. The van der Waals surface area contributed by atoms with Crippen LogP contribution in [0.5, 0.6) is 11.5 Å². The van der Waals surface area contributed by atoms with Gasteiger partial charge in [0.1, 0.15) is 6.61 Å². The van der Waals surface area contributed by atoms with Crippen molar-refractivity contribution in [2.75, 3.05) is 46.3 Å². The van der Waals surface area contributed by atoms with Gasteiger partial charge in [0.2, 0.25) is 5.91 Å². The van der Waals surface area contributed by atoms with E-state index in [2.05, 4.69) is 10.3 Å². The second kappa shape index (κ2) is 11.3. The number of amides is 3. The van der Waals surface area contributed by atoms with Gasteiger partial charge in [-0.25, -0.2) is 4.79 Å². The van der Waals surface area contributed by atoms with Gasteiger partial charge in [-0.15, -0.1) is 0 Å². The fourth-order valence-corrected chi connectivity index (χ4v) is 3.83. The highest BCUT2D eigenvalue weighted by atomic mass is 16.5. The molecule has 9 nitrogen and oxygen atoms in total. The van der Waals surface area contributed by atoms with E-state index in [1.54, 1.807) is 54.6 Å². The van der Waals surface area contributed by atoms with Gasteiger partial charge in [-0.2, -0.15) is 0 Å². The molecule has 1 unspecified atom stereocenters. The molecule has 1 atom stereocenters. The summed E-state index contributed by atoms with van der Waals surface area (Å²) in [6, 6.07) is 8.67. The molecule has 1 fully saturated rings. The van der Waals surface area contributed by atoms with Gasteiger partial charge in [-0.1, -0.05) is 6.07 Å². The number of hydrogen-bond acceptors (Lipinski definition) is 6. The minimum atomic E-state index is -0.220. The van der Waals surface area contributed by atoms with E-state index in [0.717, 1.165) is 18.4 Å². The molecule has 1 aliphatic heterocycles. The number of methoxy groups -OCH3 is 3. The third kappa shape index (κ3) is 5.88. The molecule has 32 heavy (non-hydrogen) atoms. The number of pyridine rings is 1. The van der Waals surface area contributed by atoms with Gasteiger partial charge in [0, 0.05) is 56.9 Å². The Morgan fingerprint density at radius 2 is 2.00 bits per heavy atom. The molecule has 1 aliphatic rings. The number of nitrogens with one attached hydrogen (secondary N) is 1. The predicted octanol–water partition coefficient (Wildman–Crippen LogP) is 2.77. The van der Waals surface area contributed by atoms with Gasteiger partial charge in [-0.3, -0.25) is 9.78 Å². The van der Waals surface area contributed by atoms with Crippen LogP contribution in [0.1, 0.15) is 18.4 Å². The number of nitrogens with zero attached hydrogens (tertiary/aromatic N) is 3. The number of urea groups is 1. The average Bonchev–Trinajstić information content (AvgIpc) is 2.83. The summed E-state index contributed by atoms with van der Waals surface area (Å²) in [5.41, 5.74) is 1.54. The number of likely N-dealkylation sites (tertiary alicyclic amines) is 1. The lowest BCUT2D eigenvalue weighted by atomic mass is 10.0. The maximum Gasteiger partial charge on any atom is 0.321 e. The van der Waals surface area contributed by atoms with E-state index in [9.17, 15) is 9.59 Å². The van der Waals surface area contributed by atoms with Gasteiger partial charge in [-0.05, 0) is 36.6 Å². The molecule has 0 saturated carbocycles. The van der Waals surface area contributed by atoms with E-state index in [1.165, 1.54) is 7.11 Å². The van der Waals surface area contributed by atoms with Crippen molar-refractivity contribution < 1.29 is 23.8 Å². The normalized spacial score (nSPS) is 15.7. The maximum atomic E-state index is 12.9. The molecule has 2 aromatic rings. The Hall–Kier alpha value is -3.33. The van der Waals surface area contributed by atoms with Gasteiger partial charge in [0.15, 0.2) is 11.5 Å². The van der Waals surface area contributed by atoms with E-state index in [4.69, 9.17) is 14.2 Å². The largest absolute Gasteiger partial charge is 0.493 e. The number of anilines is 1. The van der Waals surface area contributed by atoms with Crippen LogP contribution in [-0.2, 0) is 16.1 Å². The highest BCUT2D eigenvalue weighted by Crippen LogP contribution is 2.30. The summed E-state index contributed by atoms with van der Waals surface area (Å²) in [6.45, 7) is 1.48. The quantitative estimate of drug-likeness (QED) is 0.676. The highest BCUT2D eigenvalue weighted by Gasteiger charge is 2.31. The van der Waals surface area contributed by atoms with E-state index in [-0.39, 0.29) is 24.6 Å². The van der Waals surface area contributed by atoms with Crippen LogP contribution >= 0.6 is 0 Å². The minimum Gasteiger partial charge on any atom is -0.493 e. The molecule has 3 rings (SSSR count). The molecule has 0 bridgehead atoms. The number of benzene rings is 1. The molecule has 3 amide bonds. The summed E-state index contributed by atoms with van der Waals surface area (Å²) in [4.78, 5) is 33.4. The summed E-state index contributed by atoms with van der Waals surface area (Å²) in [6.07, 6.45) is 5.06. The zero-order chi connectivity index (χ0) is 22.9. The SMILES string of the molecule is COCC(=O)N(Cc1cccnc1)C1CCCN(C(=O)Nc2ccc(OC)c(OC)c2)C1. The average molecular weight is 443 g/mol. The van der Waals surface area contributed by atoms with Gasteiger partial charge in [0.05, 0.1) is 14.2 Å². The Morgan fingerprint density at radius 1 is 1.19 bits per heavy atom. The van der Waals surface area contributed by atoms with Crippen molar-refractivity contribution in [1.82, 2.24) is 14.8 Å². The van der Waals surface area contributed by atoms with E-state index in [0.29, 0.717) is 36.8 Å². The molecule has 1 aromatic heterocycles. The molecular formula is C23H30N4O5. The Bertz CT molecular complexity index is 909. The molecule has 2 heterocycles. The standard InChI is InChI=1S/C23H30N4O5/c1-30-16-22(28)27(14-17-6-4-10-24-13-17)19-7-5-11-26(15-19)23(29)25-18-8-9-20(31-2)21(12-18)32-3/h4,6,8-10,12-13,19H,5,7,11,14-16H2,1-3H3,(H,25,29). The number of ether oxygens (including phenoxy) is 3. The number of carbonyl (C=O) groups is 2. The second-order valence-electron chi connectivity index (χ2n) is 7.56. The summed E-state index contributed by atoms with van der Waals surface area (Å²) >= 11 is 0. The van der Waals surface area contributed by atoms with Crippen LogP contribution in [0, 0.1) is 0 Å². The summed E-state index contributed by atoms with van der Waals surface area (Å²) in [7, 11) is 4.61. The van der Waals surface area contributed by atoms with E-state index < -0.39 is 0 Å².